The smallest absolute Gasteiger partial charge is 0.155 e. The van der Waals surface area contributed by atoms with Crippen molar-refractivity contribution < 1.29 is 9.53 Å². The molecule has 5 heteroatoms. The first-order valence-electron chi connectivity index (χ1n) is 7.64. The monoisotopic (exact) mass is 306 g/mol. The standard InChI is InChI=1S/C16H19ClN2O2/c17-13-7-11-1-6-21-16(11)12(8-13)9-15(20)14-10-18-2-4-19(14)5-3-18/h7-8,14H,1-6,9-10H2. The first-order chi connectivity index (χ1) is 10.2. The Morgan fingerprint density at radius 2 is 2.10 bits per heavy atom. The number of halogens is 1. The molecule has 1 aromatic carbocycles. The van der Waals surface area contributed by atoms with Crippen LogP contribution in [0.4, 0.5) is 0 Å². The average molecular weight is 307 g/mol. The Bertz CT molecular complexity index is 582. The number of piperazine rings is 3. The first-order valence-corrected chi connectivity index (χ1v) is 8.02. The topological polar surface area (TPSA) is 32.8 Å². The number of nitrogens with zero attached hydrogens (tertiary/aromatic N) is 2. The fourth-order valence-corrected chi connectivity index (χ4v) is 3.97. The van der Waals surface area contributed by atoms with Gasteiger partial charge in [0.15, 0.2) is 5.78 Å². The van der Waals surface area contributed by atoms with E-state index in [0.29, 0.717) is 23.8 Å². The molecule has 21 heavy (non-hydrogen) atoms. The van der Waals surface area contributed by atoms with Gasteiger partial charge in [0.25, 0.3) is 0 Å². The lowest BCUT2D eigenvalue weighted by Gasteiger charge is -2.46. The van der Waals surface area contributed by atoms with Crippen molar-refractivity contribution >= 4 is 17.4 Å². The molecular formula is C16H19ClN2O2. The number of benzene rings is 1. The highest BCUT2D eigenvalue weighted by Gasteiger charge is 2.36. The van der Waals surface area contributed by atoms with Crippen LogP contribution in [0.1, 0.15) is 11.1 Å². The number of rotatable bonds is 3. The van der Waals surface area contributed by atoms with Gasteiger partial charge in [0.05, 0.1) is 12.6 Å². The Labute approximate surface area is 129 Å². The minimum absolute atomic E-state index is 0.0449. The van der Waals surface area contributed by atoms with Crippen LogP contribution in [0.2, 0.25) is 5.02 Å². The zero-order chi connectivity index (χ0) is 14.4. The van der Waals surface area contributed by atoms with Gasteiger partial charge in [0, 0.05) is 56.2 Å². The summed E-state index contributed by atoms with van der Waals surface area (Å²) in [4.78, 5) is 17.4. The number of ether oxygens (including phenoxy) is 1. The Kier molecular flexibility index (Phi) is 3.40. The molecule has 4 nitrogen and oxygen atoms in total. The summed E-state index contributed by atoms with van der Waals surface area (Å²) in [5, 5.41) is 0.705. The molecule has 4 aliphatic heterocycles. The third kappa shape index (κ3) is 2.45. The summed E-state index contributed by atoms with van der Waals surface area (Å²) in [7, 11) is 0. The number of carbonyl (C=O) groups excluding carboxylic acids is 1. The molecule has 0 aromatic heterocycles. The van der Waals surface area contributed by atoms with E-state index in [4.69, 9.17) is 16.3 Å². The van der Waals surface area contributed by atoms with Crippen LogP contribution in [0.5, 0.6) is 5.75 Å². The van der Waals surface area contributed by atoms with Gasteiger partial charge in [-0.15, -0.1) is 0 Å². The molecule has 112 valence electrons. The third-order valence-electron chi connectivity index (χ3n) is 4.84. The van der Waals surface area contributed by atoms with Crippen LogP contribution < -0.4 is 4.74 Å². The summed E-state index contributed by atoms with van der Waals surface area (Å²) in [6, 6.07) is 3.89. The Hall–Kier alpha value is -1.10. The van der Waals surface area contributed by atoms with Crippen molar-refractivity contribution in [2.75, 3.05) is 39.3 Å². The molecule has 0 saturated carbocycles. The van der Waals surface area contributed by atoms with Crippen molar-refractivity contribution in [2.24, 2.45) is 0 Å². The van der Waals surface area contributed by atoms with Gasteiger partial charge in [-0.05, 0) is 17.7 Å². The quantitative estimate of drug-likeness (QED) is 0.845. The highest BCUT2D eigenvalue weighted by atomic mass is 35.5. The summed E-state index contributed by atoms with van der Waals surface area (Å²) < 4.78 is 5.70. The predicted octanol–water partition coefficient (Wildman–Crippen LogP) is 1.39. The zero-order valence-electron chi connectivity index (χ0n) is 12.0. The van der Waals surface area contributed by atoms with Gasteiger partial charge in [-0.2, -0.15) is 0 Å². The highest BCUT2D eigenvalue weighted by Crippen LogP contribution is 2.33. The molecule has 3 saturated heterocycles. The molecule has 1 unspecified atom stereocenters. The fourth-order valence-electron chi connectivity index (χ4n) is 3.71. The number of carbonyl (C=O) groups is 1. The molecular weight excluding hydrogens is 288 g/mol. The van der Waals surface area contributed by atoms with Crippen LogP contribution >= 0.6 is 11.6 Å². The Morgan fingerprint density at radius 3 is 2.81 bits per heavy atom. The molecule has 2 bridgehead atoms. The van der Waals surface area contributed by atoms with Gasteiger partial charge >= 0.3 is 0 Å². The lowest BCUT2D eigenvalue weighted by Crippen LogP contribution is -2.63. The van der Waals surface area contributed by atoms with Crippen LogP contribution in [0.15, 0.2) is 12.1 Å². The number of fused-ring (bicyclic) bond motifs is 4. The van der Waals surface area contributed by atoms with Gasteiger partial charge in [-0.25, -0.2) is 0 Å². The third-order valence-corrected chi connectivity index (χ3v) is 5.06. The Morgan fingerprint density at radius 1 is 1.29 bits per heavy atom. The molecule has 0 spiro atoms. The maximum absolute atomic E-state index is 12.7. The van der Waals surface area contributed by atoms with Crippen LogP contribution in [0.3, 0.4) is 0 Å². The van der Waals surface area contributed by atoms with Gasteiger partial charge in [-0.1, -0.05) is 11.6 Å². The van der Waals surface area contributed by atoms with E-state index in [9.17, 15) is 4.79 Å². The normalized spacial score (nSPS) is 30.0. The van der Waals surface area contributed by atoms with E-state index in [2.05, 4.69) is 9.80 Å². The van der Waals surface area contributed by atoms with Crippen molar-refractivity contribution in [1.29, 1.82) is 0 Å². The number of ketones is 1. The van der Waals surface area contributed by atoms with Crippen molar-refractivity contribution in [3.05, 3.63) is 28.3 Å². The van der Waals surface area contributed by atoms with Crippen molar-refractivity contribution in [1.82, 2.24) is 9.80 Å². The van der Waals surface area contributed by atoms with Crippen LogP contribution in [-0.4, -0.2) is 61.0 Å². The van der Waals surface area contributed by atoms with Gasteiger partial charge in [0.2, 0.25) is 0 Å². The lowest BCUT2D eigenvalue weighted by atomic mass is 9.96. The number of hydrogen-bond donors (Lipinski definition) is 0. The second kappa shape index (κ2) is 5.27. The van der Waals surface area contributed by atoms with E-state index >= 15 is 0 Å². The molecule has 0 aliphatic carbocycles. The second-order valence-corrected chi connectivity index (χ2v) is 6.58. The summed E-state index contributed by atoms with van der Waals surface area (Å²) in [5.41, 5.74) is 2.09. The lowest BCUT2D eigenvalue weighted by molar-refractivity contribution is -0.128. The summed E-state index contributed by atoms with van der Waals surface area (Å²) in [6.45, 7) is 5.79. The fraction of sp³-hybridized carbons (Fsp3) is 0.562. The zero-order valence-corrected chi connectivity index (χ0v) is 12.7. The van der Waals surface area contributed by atoms with Crippen molar-refractivity contribution in [3.63, 3.8) is 0 Å². The SMILES string of the molecule is O=C(Cc1cc(Cl)cc2c1OCC2)C1CN2CCN1CC2. The maximum Gasteiger partial charge on any atom is 0.155 e. The molecule has 0 N–H and O–H groups in total. The van der Waals surface area contributed by atoms with E-state index in [1.807, 2.05) is 12.1 Å². The average Bonchev–Trinajstić information content (AvgIpc) is 2.96. The summed E-state index contributed by atoms with van der Waals surface area (Å²) in [5.74, 6) is 1.18. The molecule has 0 radical (unpaired) electrons. The van der Waals surface area contributed by atoms with E-state index in [1.54, 1.807) is 0 Å². The molecule has 0 amide bonds. The van der Waals surface area contributed by atoms with Gasteiger partial charge in [-0.3, -0.25) is 14.6 Å². The van der Waals surface area contributed by atoms with Gasteiger partial charge in [0.1, 0.15) is 5.75 Å². The summed E-state index contributed by atoms with van der Waals surface area (Å²) in [6.07, 6.45) is 1.32. The molecule has 1 atom stereocenters. The molecule has 5 rings (SSSR count). The second-order valence-electron chi connectivity index (χ2n) is 6.15. The highest BCUT2D eigenvalue weighted by molar-refractivity contribution is 6.30. The number of hydrogen-bond acceptors (Lipinski definition) is 4. The van der Waals surface area contributed by atoms with Crippen LogP contribution in [-0.2, 0) is 17.6 Å². The Balaban J connectivity index is 1.55. The molecule has 3 fully saturated rings. The molecule has 4 aliphatic rings. The minimum atomic E-state index is 0.0449. The molecule has 4 heterocycles. The summed E-state index contributed by atoms with van der Waals surface area (Å²) >= 11 is 6.18. The van der Waals surface area contributed by atoms with Crippen LogP contribution in [0.25, 0.3) is 0 Å². The van der Waals surface area contributed by atoms with E-state index < -0.39 is 0 Å². The predicted molar refractivity (Wildman–Crippen MR) is 81.2 cm³/mol. The first kappa shape index (κ1) is 13.6. The largest absolute Gasteiger partial charge is 0.493 e. The van der Waals surface area contributed by atoms with E-state index in [-0.39, 0.29) is 6.04 Å². The van der Waals surface area contributed by atoms with Crippen LogP contribution in [0, 0.1) is 0 Å². The van der Waals surface area contributed by atoms with Crippen molar-refractivity contribution in [3.8, 4) is 5.75 Å². The van der Waals surface area contributed by atoms with E-state index in [0.717, 1.165) is 56.0 Å². The minimum Gasteiger partial charge on any atom is -0.493 e. The van der Waals surface area contributed by atoms with Gasteiger partial charge < -0.3 is 4.74 Å². The maximum atomic E-state index is 12.7. The van der Waals surface area contributed by atoms with Crippen molar-refractivity contribution in [2.45, 2.75) is 18.9 Å². The van der Waals surface area contributed by atoms with E-state index in [1.165, 1.54) is 0 Å². The molecule has 1 aromatic rings. The number of Topliss-reactive ketones (excluding diaryl/α,β-unsaturated/α-hetero) is 1.